The monoisotopic (exact) mass is 347 g/mol. The van der Waals surface area contributed by atoms with Crippen LogP contribution < -0.4 is 21.1 Å². The lowest BCUT2D eigenvalue weighted by Crippen LogP contribution is -2.39. The Morgan fingerprint density at radius 1 is 1.25 bits per heavy atom. The fourth-order valence-electron chi connectivity index (χ4n) is 2.39. The molecular formula is C15H21N7OS. The summed E-state index contributed by atoms with van der Waals surface area (Å²) in [6.45, 7) is 3.55. The van der Waals surface area contributed by atoms with Gasteiger partial charge in [0.1, 0.15) is 0 Å². The van der Waals surface area contributed by atoms with Crippen LogP contribution in [-0.4, -0.2) is 53.2 Å². The third kappa shape index (κ3) is 3.99. The largest absolute Gasteiger partial charge is 0.378 e. The van der Waals surface area contributed by atoms with Crippen LogP contribution in [0, 0.1) is 0 Å². The molecule has 0 saturated carbocycles. The topological polar surface area (TPSA) is 79.3 Å². The van der Waals surface area contributed by atoms with Crippen molar-refractivity contribution >= 4 is 29.2 Å². The Kier molecular flexibility index (Phi) is 5.57. The summed E-state index contributed by atoms with van der Waals surface area (Å²) in [5.41, 5.74) is 6.85. The smallest absolute Gasteiger partial charge is 0.247 e. The second kappa shape index (κ2) is 8.04. The van der Waals surface area contributed by atoms with Gasteiger partial charge in [0.05, 0.1) is 13.2 Å². The molecule has 0 bridgehead atoms. The maximum Gasteiger partial charge on any atom is 0.247 e. The van der Waals surface area contributed by atoms with Crippen LogP contribution in [-0.2, 0) is 11.3 Å². The van der Waals surface area contributed by atoms with Gasteiger partial charge in [0.15, 0.2) is 0 Å². The van der Waals surface area contributed by atoms with Crippen molar-refractivity contribution in [3.8, 4) is 0 Å². The molecule has 0 unspecified atom stereocenters. The zero-order valence-electron chi connectivity index (χ0n) is 13.5. The fourth-order valence-corrected chi connectivity index (χ4v) is 2.62. The molecule has 0 atom stereocenters. The first-order valence-electron chi connectivity index (χ1n) is 7.82. The minimum absolute atomic E-state index is 0.431. The SMILES string of the molecule is CNNC(=S)n1nc(N2CCOCC2)nc1NCc1ccccc1. The summed E-state index contributed by atoms with van der Waals surface area (Å²) in [4.78, 5) is 6.70. The second-order valence-corrected chi connectivity index (χ2v) is 5.65. The number of morpholine rings is 1. The summed E-state index contributed by atoms with van der Waals surface area (Å²) in [5.74, 6) is 1.25. The van der Waals surface area contributed by atoms with E-state index in [4.69, 9.17) is 17.0 Å². The van der Waals surface area contributed by atoms with E-state index in [9.17, 15) is 0 Å². The molecule has 2 aromatic rings. The van der Waals surface area contributed by atoms with Crippen molar-refractivity contribution in [3.05, 3.63) is 35.9 Å². The van der Waals surface area contributed by atoms with E-state index in [1.807, 2.05) is 18.2 Å². The Bertz CT molecular complexity index is 670. The number of nitrogens with one attached hydrogen (secondary N) is 3. The highest BCUT2D eigenvalue weighted by atomic mass is 32.1. The summed E-state index contributed by atoms with van der Waals surface area (Å²) >= 11 is 5.36. The number of hydrogen-bond donors (Lipinski definition) is 3. The highest BCUT2D eigenvalue weighted by Gasteiger charge is 2.20. The van der Waals surface area contributed by atoms with Crippen LogP contribution >= 0.6 is 12.2 Å². The number of hydrazine groups is 1. The molecule has 1 aromatic heterocycles. The third-order valence-corrected chi connectivity index (χ3v) is 3.88. The normalized spacial score (nSPS) is 14.5. The Morgan fingerprint density at radius 3 is 2.71 bits per heavy atom. The minimum Gasteiger partial charge on any atom is -0.378 e. The maximum absolute atomic E-state index is 5.38. The van der Waals surface area contributed by atoms with Gasteiger partial charge < -0.3 is 15.0 Å². The summed E-state index contributed by atoms with van der Waals surface area (Å²) in [6.07, 6.45) is 0. The van der Waals surface area contributed by atoms with Gasteiger partial charge in [0.25, 0.3) is 0 Å². The van der Waals surface area contributed by atoms with Gasteiger partial charge in [-0.05, 0) is 17.8 Å². The van der Waals surface area contributed by atoms with Crippen molar-refractivity contribution in [1.82, 2.24) is 25.6 Å². The standard InChI is InChI=1S/C15H21N7OS/c1-16-19-15(24)22-13(17-11-12-5-3-2-4-6-12)18-14(20-22)21-7-9-23-10-8-21/h2-6,16H,7-11H2,1H3,(H,19,24)(H,17,18,20). The highest BCUT2D eigenvalue weighted by molar-refractivity contribution is 7.80. The summed E-state index contributed by atoms with van der Waals surface area (Å²) in [7, 11) is 1.75. The van der Waals surface area contributed by atoms with Crippen LogP contribution in [0.3, 0.4) is 0 Å². The van der Waals surface area contributed by atoms with E-state index in [1.165, 1.54) is 0 Å². The van der Waals surface area contributed by atoms with Gasteiger partial charge >= 0.3 is 0 Å². The number of hydrogen-bond acceptors (Lipinski definition) is 7. The zero-order chi connectivity index (χ0) is 16.8. The van der Waals surface area contributed by atoms with Crippen molar-refractivity contribution in [3.63, 3.8) is 0 Å². The Balaban J connectivity index is 1.79. The number of anilines is 2. The van der Waals surface area contributed by atoms with Crippen molar-refractivity contribution in [1.29, 1.82) is 0 Å². The first-order valence-corrected chi connectivity index (χ1v) is 8.23. The molecule has 0 aliphatic carbocycles. The van der Waals surface area contributed by atoms with Crippen molar-refractivity contribution in [2.24, 2.45) is 0 Å². The average Bonchev–Trinajstić information content (AvgIpc) is 3.06. The highest BCUT2D eigenvalue weighted by Crippen LogP contribution is 2.15. The molecule has 0 amide bonds. The van der Waals surface area contributed by atoms with E-state index >= 15 is 0 Å². The Hall–Kier alpha value is -2.23. The van der Waals surface area contributed by atoms with E-state index in [0.29, 0.717) is 36.8 Å². The van der Waals surface area contributed by atoms with Crippen LogP contribution in [0.2, 0.25) is 0 Å². The Morgan fingerprint density at radius 2 is 2.00 bits per heavy atom. The van der Waals surface area contributed by atoms with E-state index < -0.39 is 0 Å². The first kappa shape index (κ1) is 16.6. The van der Waals surface area contributed by atoms with Gasteiger partial charge in [0.2, 0.25) is 17.0 Å². The van der Waals surface area contributed by atoms with Gasteiger partial charge in [-0.1, -0.05) is 30.3 Å². The first-order chi connectivity index (χ1) is 11.8. The van der Waals surface area contributed by atoms with E-state index in [2.05, 4.69) is 43.3 Å². The lowest BCUT2D eigenvalue weighted by Gasteiger charge is -2.25. The minimum atomic E-state index is 0.431. The van der Waals surface area contributed by atoms with Gasteiger partial charge in [-0.3, -0.25) is 5.43 Å². The molecule has 1 aliphatic heterocycles. The average molecular weight is 347 g/mol. The molecular weight excluding hydrogens is 326 g/mol. The lowest BCUT2D eigenvalue weighted by molar-refractivity contribution is 0.122. The number of benzene rings is 1. The quantitative estimate of drug-likeness (QED) is 0.536. The predicted octanol–water partition coefficient (Wildman–Crippen LogP) is 0.584. The molecule has 1 aliphatic rings. The van der Waals surface area contributed by atoms with Crippen LogP contribution in [0.15, 0.2) is 30.3 Å². The molecule has 128 valence electrons. The van der Waals surface area contributed by atoms with E-state index in [0.717, 1.165) is 18.7 Å². The van der Waals surface area contributed by atoms with Crippen molar-refractivity contribution < 1.29 is 4.74 Å². The fraction of sp³-hybridized carbons (Fsp3) is 0.400. The zero-order valence-corrected chi connectivity index (χ0v) is 14.3. The van der Waals surface area contributed by atoms with Gasteiger partial charge in [-0.2, -0.15) is 9.67 Å². The predicted molar refractivity (Wildman–Crippen MR) is 97.0 cm³/mol. The molecule has 1 aromatic carbocycles. The van der Waals surface area contributed by atoms with Crippen LogP contribution in [0.25, 0.3) is 0 Å². The summed E-state index contributed by atoms with van der Waals surface area (Å²) in [6, 6.07) is 10.1. The van der Waals surface area contributed by atoms with Gasteiger partial charge in [-0.25, -0.2) is 5.43 Å². The number of thiocarbonyl (C=S) groups is 1. The number of ether oxygens (including phenoxy) is 1. The lowest BCUT2D eigenvalue weighted by atomic mass is 10.2. The van der Waals surface area contributed by atoms with Gasteiger partial charge in [0, 0.05) is 26.7 Å². The molecule has 8 nitrogen and oxygen atoms in total. The third-order valence-electron chi connectivity index (χ3n) is 3.61. The van der Waals surface area contributed by atoms with Gasteiger partial charge in [-0.15, -0.1) is 5.10 Å². The van der Waals surface area contributed by atoms with Crippen LogP contribution in [0.4, 0.5) is 11.9 Å². The van der Waals surface area contributed by atoms with Crippen LogP contribution in [0.1, 0.15) is 5.56 Å². The molecule has 0 spiro atoms. The number of rotatable bonds is 5. The maximum atomic E-state index is 5.38. The molecule has 3 N–H and O–H groups in total. The molecule has 0 radical (unpaired) electrons. The van der Waals surface area contributed by atoms with Crippen LogP contribution in [0.5, 0.6) is 0 Å². The molecule has 1 saturated heterocycles. The molecule has 1 fully saturated rings. The molecule has 2 heterocycles. The number of aromatic nitrogens is 3. The van der Waals surface area contributed by atoms with E-state index in [-0.39, 0.29) is 0 Å². The van der Waals surface area contributed by atoms with Crippen molar-refractivity contribution in [2.75, 3.05) is 43.6 Å². The molecule has 24 heavy (non-hydrogen) atoms. The second-order valence-electron chi connectivity index (χ2n) is 5.27. The molecule has 9 heteroatoms. The van der Waals surface area contributed by atoms with Crippen molar-refractivity contribution in [2.45, 2.75) is 6.54 Å². The summed E-state index contributed by atoms with van der Waals surface area (Å²) < 4.78 is 6.98. The number of nitrogens with zero attached hydrogens (tertiary/aromatic N) is 4. The Labute approximate surface area is 146 Å². The summed E-state index contributed by atoms with van der Waals surface area (Å²) in [5, 5.41) is 8.27. The molecule has 3 rings (SSSR count). The van der Waals surface area contributed by atoms with E-state index in [1.54, 1.807) is 11.7 Å².